The number of carbonyl (C=O) groups is 1. The fourth-order valence-corrected chi connectivity index (χ4v) is 1.68. The molecule has 0 fully saturated rings. The number of carboxylic acid groups (broad SMARTS) is 1. The lowest BCUT2D eigenvalue weighted by Gasteiger charge is -2.09. The average Bonchev–Trinajstić information content (AvgIpc) is 2.68. The van der Waals surface area contributed by atoms with Crippen molar-refractivity contribution in [2.75, 3.05) is 0 Å². The Balaban J connectivity index is 2.14. The number of benzene rings is 1. The van der Waals surface area contributed by atoms with Gasteiger partial charge in [0.1, 0.15) is 6.61 Å². The molecule has 0 spiro atoms. The molecule has 0 radical (unpaired) electrons. The van der Waals surface area contributed by atoms with Gasteiger partial charge in [-0.15, -0.1) is 0 Å². The standard InChI is InChI=1S/C13H13FN2O3/c1-8-6-15-16(2)11(8)7-19-12-4-3-9(13(17)18)5-10(12)14/h3-6H,7H2,1-2H3,(H,17,18). The van der Waals surface area contributed by atoms with Gasteiger partial charge in [0.2, 0.25) is 0 Å². The van der Waals surface area contributed by atoms with Crippen molar-refractivity contribution in [3.63, 3.8) is 0 Å². The summed E-state index contributed by atoms with van der Waals surface area (Å²) in [5, 5.41) is 12.8. The molecule has 0 saturated heterocycles. The van der Waals surface area contributed by atoms with E-state index in [1.165, 1.54) is 12.1 Å². The van der Waals surface area contributed by atoms with Gasteiger partial charge in [-0.05, 0) is 30.7 Å². The topological polar surface area (TPSA) is 64.4 Å². The monoisotopic (exact) mass is 264 g/mol. The summed E-state index contributed by atoms with van der Waals surface area (Å²) in [7, 11) is 1.77. The van der Waals surface area contributed by atoms with E-state index in [-0.39, 0.29) is 17.9 Å². The van der Waals surface area contributed by atoms with E-state index < -0.39 is 11.8 Å². The van der Waals surface area contributed by atoms with E-state index in [4.69, 9.17) is 9.84 Å². The summed E-state index contributed by atoms with van der Waals surface area (Å²) >= 11 is 0. The molecule has 0 saturated carbocycles. The van der Waals surface area contributed by atoms with Crippen LogP contribution in [0.25, 0.3) is 0 Å². The number of nitrogens with zero attached hydrogens (tertiary/aromatic N) is 2. The molecule has 0 unspecified atom stereocenters. The Kier molecular flexibility index (Phi) is 3.50. The van der Waals surface area contributed by atoms with Crippen LogP contribution in [0.15, 0.2) is 24.4 Å². The van der Waals surface area contributed by atoms with E-state index in [0.29, 0.717) is 0 Å². The molecular weight excluding hydrogens is 251 g/mol. The van der Waals surface area contributed by atoms with Crippen LogP contribution in [0.2, 0.25) is 0 Å². The van der Waals surface area contributed by atoms with Crippen LogP contribution < -0.4 is 4.74 Å². The van der Waals surface area contributed by atoms with Crippen molar-refractivity contribution in [2.45, 2.75) is 13.5 Å². The van der Waals surface area contributed by atoms with Crippen molar-refractivity contribution >= 4 is 5.97 Å². The van der Waals surface area contributed by atoms with Crippen LogP contribution in [-0.4, -0.2) is 20.9 Å². The predicted molar refractivity (Wildman–Crippen MR) is 65.6 cm³/mol. The smallest absolute Gasteiger partial charge is 0.335 e. The number of aryl methyl sites for hydroxylation is 2. The number of hydrogen-bond donors (Lipinski definition) is 1. The van der Waals surface area contributed by atoms with Crippen molar-refractivity contribution in [1.29, 1.82) is 0 Å². The summed E-state index contributed by atoms with van der Waals surface area (Å²) in [6.45, 7) is 2.06. The zero-order valence-electron chi connectivity index (χ0n) is 10.6. The maximum absolute atomic E-state index is 13.6. The van der Waals surface area contributed by atoms with E-state index in [0.717, 1.165) is 17.3 Å². The second-order valence-electron chi connectivity index (χ2n) is 4.14. The highest BCUT2D eigenvalue weighted by Gasteiger charge is 2.11. The van der Waals surface area contributed by atoms with Crippen LogP contribution in [0.3, 0.4) is 0 Å². The van der Waals surface area contributed by atoms with Gasteiger partial charge in [-0.2, -0.15) is 5.10 Å². The highest BCUT2D eigenvalue weighted by molar-refractivity contribution is 5.87. The summed E-state index contributed by atoms with van der Waals surface area (Å²) in [5.41, 5.74) is 1.67. The van der Waals surface area contributed by atoms with E-state index in [2.05, 4.69) is 5.10 Å². The number of halogens is 1. The van der Waals surface area contributed by atoms with Crippen LogP contribution in [-0.2, 0) is 13.7 Å². The summed E-state index contributed by atoms with van der Waals surface area (Å²) in [6, 6.07) is 3.55. The normalized spacial score (nSPS) is 10.5. The van der Waals surface area contributed by atoms with Gasteiger partial charge in [-0.3, -0.25) is 4.68 Å². The summed E-state index contributed by atoms with van der Waals surface area (Å²) < 4.78 is 20.6. The quantitative estimate of drug-likeness (QED) is 0.919. The van der Waals surface area contributed by atoms with E-state index in [9.17, 15) is 9.18 Å². The van der Waals surface area contributed by atoms with Crippen molar-refractivity contribution in [1.82, 2.24) is 9.78 Å². The van der Waals surface area contributed by atoms with Gasteiger partial charge >= 0.3 is 5.97 Å². The maximum Gasteiger partial charge on any atom is 0.335 e. The highest BCUT2D eigenvalue weighted by Crippen LogP contribution is 2.20. The number of rotatable bonds is 4. The lowest BCUT2D eigenvalue weighted by Crippen LogP contribution is -2.06. The fraction of sp³-hybridized carbons (Fsp3) is 0.231. The molecule has 0 amide bonds. The Bertz CT molecular complexity index is 603. The number of aromatic nitrogens is 2. The maximum atomic E-state index is 13.6. The summed E-state index contributed by atoms with van der Waals surface area (Å²) in [5.74, 6) is -1.85. The lowest BCUT2D eigenvalue weighted by atomic mass is 10.2. The van der Waals surface area contributed by atoms with Crippen molar-refractivity contribution in [3.05, 3.63) is 47.0 Å². The van der Waals surface area contributed by atoms with Crippen LogP contribution in [0.4, 0.5) is 4.39 Å². The van der Waals surface area contributed by atoms with Gasteiger partial charge in [0.25, 0.3) is 0 Å². The fourth-order valence-electron chi connectivity index (χ4n) is 1.68. The molecule has 0 aliphatic rings. The average molecular weight is 264 g/mol. The molecule has 6 heteroatoms. The number of ether oxygens (including phenoxy) is 1. The molecule has 0 aliphatic heterocycles. The number of carboxylic acids is 1. The van der Waals surface area contributed by atoms with Crippen LogP contribution >= 0.6 is 0 Å². The second kappa shape index (κ2) is 5.09. The molecule has 5 nitrogen and oxygen atoms in total. The van der Waals surface area contributed by atoms with Crippen LogP contribution in [0.1, 0.15) is 21.6 Å². The third-order valence-electron chi connectivity index (χ3n) is 2.81. The molecule has 1 aromatic heterocycles. The molecule has 0 bridgehead atoms. The largest absolute Gasteiger partial charge is 0.484 e. The van der Waals surface area contributed by atoms with E-state index in [1.807, 2.05) is 6.92 Å². The van der Waals surface area contributed by atoms with Crippen molar-refractivity contribution in [2.24, 2.45) is 7.05 Å². The molecule has 2 aromatic rings. The molecule has 0 atom stereocenters. The summed E-state index contributed by atoms with van der Waals surface area (Å²) in [4.78, 5) is 10.7. The molecule has 1 heterocycles. The highest BCUT2D eigenvalue weighted by atomic mass is 19.1. The minimum absolute atomic E-state index is 0.0191. The molecule has 2 rings (SSSR count). The van der Waals surface area contributed by atoms with Crippen molar-refractivity contribution in [3.8, 4) is 5.75 Å². The van der Waals surface area contributed by atoms with Gasteiger partial charge in [0.15, 0.2) is 11.6 Å². The molecular formula is C13H13FN2O3. The molecule has 1 N–H and O–H groups in total. The summed E-state index contributed by atoms with van der Waals surface area (Å²) in [6.07, 6.45) is 1.70. The number of hydrogen-bond acceptors (Lipinski definition) is 3. The first-order chi connectivity index (χ1) is 8.99. The molecule has 1 aromatic carbocycles. The Morgan fingerprint density at radius 3 is 2.79 bits per heavy atom. The van der Waals surface area contributed by atoms with E-state index >= 15 is 0 Å². The number of aromatic carboxylic acids is 1. The van der Waals surface area contributed by atoms with E-state index in [1.54, 1.807) is 17.9 Å². The first-order valence-electron chi connectivity index (χ1n) is 5.62. The predicted octanol–water partition coefficient (Wildman–Crippen LogP) is 2.14. The zero-order chi connectivity index (χ0) is 14.0. The zero-order valence-corrected chi connectivity index (χ0v) is 10.6. The first-order valence-corrected chi connectivity index (χ1v) is 5.62. The Morgan fingerprint density at radius 1 is 1.53 bits per heavy atom. The Labute approximate surface area is 109 Å². The second-order valence-corrected chi connectivity index (χ2v) is 4.14. The van der Waals surface area contributed by atoms with Crippen molar-refractivity contribution < 1.29 is 19.0 Å². The van der Waals surface area contributed by atoms with Gasteiger partial charge in [0, 0.05) is 7.05 Å². The Morgan fingerprint density at radius 2 is 2.26 bits per heavy atom. The minimum atomic E-state index is -1.17. The Hall–Kier alpha value is -2.37. The van der Waals surface area contributed by atoms with Gasteiger partial charge in [0.05, 0.1) is 17.5 Å². The minimum Gasteiger partial charge on any atom is -0.484 e. The van der Waals surface area contributed by atoms with Gasteiger partial charge in [-0.25, -0.2) is 9.18 Å². The third-order valence-corrected chi connectivity index (χ3v) is 2.81. The third kappa shape index (κ3) is 2.73. The van der Waals surface area contributed by atoms with Crippen LogP contribution in [0.5, 0.6) is 5.75 Å². The SMILES string of the molecule is Cc1cnn(C)c1COc1ccc(C(=O)O)cc1F. The van der Waals surface area contributed by atoms with Gasteiger partial charge in [-0.1, -0.05) is 0 Å². The van der Waals surface area contributed by atoms with Gasteiger partial charge < -0.3 is 9.84 Å². The molecule has 0 aliphatic carbocycles. The lowest BCUT2D eigenvalue weighted by molar-refractivity contribution is 0.0696. The first kappa shape index (κ1) is 13.1. The molecule has 19 heavy (non-hydrogen) atoms. The van der Waals surface area contributed by atoms with Crippen LogP contribution in [0, 0.1) is 12.7 Å². The molecule has 100 valence electrons.